The molecule has 2 heterocycles. The molecule has 0 saturated carbocycles. The Morgan fingerprint density at radius 1 is 0.833 bits per heavy atom. The number of nitrogens with one attached hydrogen (secondary N) is 3. The van der Waals surface area contributed by atoms with Crippen LogP contribution in [0.4, 0.5) is 43.8 Å². The molecule has 0 saturated heterocycles. The topological polar surface area (TPSA) is 166 Å². The maximum Gasteiger partial charge on any atom is 0.490 e. The van der Waals surface area contributed by atoms with E-state index in [9.17, 15) is 31.1 Å². The summed E-state index contributed by atoms with van der Waals surface area (Å²) >= 11 is 0. The predicted octanol–water partition coefficient (Wildman–Crippen LogP) is 4.54. The second-order valence-corrected chi connectivity index (χ2v) is 7.95. The van der Waals surface area contributed by atoms with Crippen molar-refractivity contribution < 1.29 is 50.9 Å². The number of carbonyl (C=O) groups is 3. The van der Waals surface area contributed by atoms with E-state index in [1.54, 1.807) is 6.20 Å². The fourth-order valence-electron chi connectivity index (χ4n) is 2.65. The van der Waals surface area contributed by atoms with Gasteiger partial charge in [0.05, 0.1) is 0 Å². The van der Waals surface area contributed by atoms with Gasteiger partial charge < -0.3 is 26.2 Å². The van der Waals surface area contributed by atoms with E-state index in [0.717, 1.165) is 23.4 Å². The van der Waals surface area contributed by atoms with Gasteiger partial charge in [-0.25, -0.2) is 14.6 Å². The van der Waals surface area contributed by atoms with Crippen LogP contribution < -0.4 is 16.0 Å². The molecule has 0 aliphatic carbocycles. The second-order valence-electron chi connectivity index (χ2n) is 7.95. The van der Waals surface area contributed by atoms with Gasteiger partial charge in [-0.1, -0.05) is 24.3 Å². The van der Waals surface area contributed by atoms with Gasteiger partial charge in [-0.2, -0.15) is 31.3 Å². The lowest BCUT2D eigenvalue weighted by molar-refractivity contribution is -0.193. The number of halogens is 6. The van der Waals surface area contributed by atoms with Gasteiger partial charge in [-0.3, -0.25) is 9.78 Å². The van der Waals surface area contributed by atoms with E-state index in [2.05, 4.69) is 30.9 Å². The molecule has 5 N–H and O–H groups in total. The van der Waals surface area contributed by atoms with Crippen LogP contribution in [-0.2, 0) is 20.8 Å². The van der Waals surface area contributed by atoms with Crippen LogP contribution in [0.15, 0.2) is 60.9 Å². The number of carbonyl (C=O) groups excluding carboxylic acids is 1. The highest BCUT2D eigenvalue weighted by Gasteiger charge is 2.38. The Balaban J connectivity index is 0.000000522. The van der Waals surface area contributed by atoms with Crippen LogP contribution in [-0.4, -0.2) is 68.5 Å². The Morgan fingerprint density at radius 3 is 1.95 bits per heavy atom. The Morgan fingerprint density at radius 2 is 1.43 bits per heavy atom. The average molecular weight is 605 g/mol. The minimum atomic E-state index is -5.08. The number of nitrogens with zero attached hydrogens (tertiary/aromatic N) is 3. The Bertz CT molecular complexity index is 1250. The third kappa shape index (κ3) is 15.6. The van der Waals surface area contributed by atoms with Crippen LogP contribution in [0.25, 0.3) is 0 Å². The van der Waals surface area contributed by atoms with Crippen molar-refractivity contribution in [2.45, 2.75) is 32.1 Å². The Labute approximate surface area is 235 Å². The molecule has 42 heavy (non-hydrogen) atoms. The number of aliphatic carboxylic acids is 2. The molecule has 0 atom stereocenters. The zero-order valence-electron chi connectivity index (χ0n) is 21.8. The van der Waals surface area contributed by atoms with Crippen molar-refractivity contribution in [2.75, 3.05) is 29.0 Å². The summed E-state index contributed by atoms with van der Waals surface area (Å²) in [6, 6.07) is 15.2. The first-order valence-corrected chi connectivity index (χ1v) is 11.8. The summed E-state index contributed by atoms with van der Waals surface area (Å²) in [6.07, 6.45) is -5.36. The lowest BCUT2D eigenvalue weighted by atomic mass is 10.2. The van der Waals surface area contributed by atoms with Crippen molar-refractivity contribution in [3.05, 3.63) is 72.2 Å². The summed E-state index contributed by atoms with van der Waals surface area (Å²) in [4.78, 5) is 42.8. The number of benzene rings is 1. The van der Waals surface area contributed by atoms with Crippen molar-refractivity contribution in [2.24, 2.45) is 0 Å². The summed E-state index contributed by atoms with van der Waals surface area (Å²) in [5.74, 6) is -4.29. The van der Waals surface area contributed by atoms with Gasteiger partial charge in [0.2, 0.25) is 11.9 Å². The van der Waals surface area contributed by atoms with Crippen molar-refractivity contribution in [1.82, 2.24) is 15.0 Å². The number of aryl methyl sites for hydroxylation is 1. The van der Waals surface area contributed by atoms with Gasteiger partial charge in [0.25, 0.3) is 0 Å². The van der Waals surface area contributed by atoms with Crippen LogP contribution >= 0.6 is 0 Å². The second kappa shape index (κ2) is 17.0. The number of anilines is 3. The molecule has 1 amide bonds. The summed E-state index contributed by atoms with van der Waals surface area (Å²) in [7, 11) is 0. The molecule has 0 spiro atoms. The number of para-hydroxylation sites is 1. The first-order chi connectivity index (χ1) is 19.6. The van der Waals surface area contributed by atoms with Crippen molar-refractivity contribution in [3.63, 3.8) is 0 Å². The predicted molar refractivity (Wildman–Crippen MR) is 139 cm³/mol. The van der Waals surface area contributed by atoms with Gasteiger partial charge >= 0.3 is 24.3 Å². The molecule has 0 aliphatic rings. The quantitative estimate of drug-likeness (QED) is 0.219. The van der Waals surface area contributed by atoms with E-state index < -0.39 is 24.3 Å². The zero-order valence-corrected chi connectivity index (χ0v) is 21.8. The standard InChI is InChI=1S/C21H24N6O.2C2HF3O2/c1-16-14-19(23-13-10-20(28)26-18-7-3-2-4-8-18)27-21(25-16)24-12-9-17-6-5-11-22-15-17;2*3-2(4,5)1(6)7/h2-8,11,14-15H,9-10,12-13H2,1H3,(H,26,28)(H2,23,24,25,27);2*(H,6,7). The molecule has 0 aliphatic heterocycles. The number of alkyl halides is 6. The molecule has 11 nitrogen and oxygen atoms in total. The maximum atomic E-state index is 12.0. The molecule has 3 rings (SSSR count). The molecule has 228 valence electrons. The van der Waals surface area contributed by atoms with Crippen LogP contribution in [0.1, 0.15) is 17.7 Å². The number of rotatable bonds is 9. The third-order valence-electron chi connectivity index (χ3n) is 4.47. The van der Waals surface area contributed by atoms with E-state index in [1.165, 1.54) is 0 Å². The molecule has 0 fully saturated rings. The SMILES string of the molecule is Cc1cc(NCCC(=O)Nc2ccccc2)nc(NCCc2cccnc2)n1.O=C(O)C(F)(F)F.O=C(O)C(F)(F)F. The van der Waals surface area contributed by atoms with Gasteiger partial charge in [0.1, 0.15) is 5.82 Å². The molecular formula is C25H26F6N6O5. The lowest BCUT2D eigenvalue weighted by Gasteiger charge is -2.10. The Hall–Kier alpha value is -4.96. The van der Waals surface area contributed by atoms with Crippen LogP contribution in [0.5, 0.6) is 0 Å². The van der Waals surface area contributed by atoms with Crippen molar-refractivity contribution in [3.8, 4) is 0 Å². The van der Waals surface area contributed by atoms with E-state index in [4.69, 9.17) is 19.8 Å². The third-order valence-corrected chi connectivity index (χ3v) is 4.47. The summed E-state index contributed by atoms with van der Waals surface area (Å²) in [5.41, 5.74) is 2.81. The van der Waals surface area contributed by atoms with Crippen LogP contribution in [0, 0.1) is 6.92 Å². The van der Waals surface area contributed by atoms with Gasteiger partial charge in [0.15, 0.2) is 0 Å². The monoisotopic (exact) mass is 604 g/mol. The number of amides is 1. The van der Waals surface area contributed by atoms with E-state index >= 15 is 0 Å². The highest BCUT2D eigenvalue weighted by atomic mass is 19.4. The summed E-state index contributed by atoms with van der Waals surface area (Å²) < 4.78 is 63.5. The fraction of sp³-hybridized carbons (Fsp3) is 0.280. The van der Waals surface area contributed by atoms with Crippen LogP contribution in [0.2, 0.25) is 0 Å². The number of carboxylic acid groups (broad SMARTS) is 2. The first-order valence-electron chi connectivity index (χ1n) is 11.8. The highest BCUT2D eigenvalue weighted by Crippen LogP contribution is 2.14. The molecule has 0 unspecified atom stereocenters. The van der Waals surface area contributed by atoms with Crippen molar-refractivity contribution >= 4 is 35.3 Å². The fourth-order valence-corrected chi connectivity index (χ4v) is 2.65. The lowest BCUT2D eigenvalue weighted by Crippen LogP contribution is -2.21. The Kier molecular flexibility index (Phi) is 14.2. The summed E-state index contributed by atoms with van der Waals surface area (Å²) in [5, 5.41) is 23.5. The number of aromatic nitrogens is 3. The molecule has 0 bridgehead atoms. The molecule has 1 aromatic carbocycles. The smallest absolute Gasteiger partial charge is 0.475 e. The molecule has 17 heteroatoms. The van der Waals surface area contributed by atoms with Gasteiger partial charge in [-0.05, 0) is 37.1 Å². The minimum absolute atomic E-state index is 0.0423. The molecular weight excluding hydrogens is 578 g/mol. The van der Waals surface area contributed by atoms with Crippen molar-refractivity contribution in [1.29, 1.82) is 0 Å². The average Bonchev–Trinajstić information content (AvgIpc) is 2.89. The number of carboxylic acids is 2. The molecule has 0 radical (unpaired) electrons. The van der Waals surface area contributed by atoms with Gasteiger partial charge in [0, 0.05) is 49.4 Å². The molecule has 3 aromatic rings. The molecule has 2 aromatic heterocycles. The summed E-state index contributed by atoms with van der Waals surface area (Å²) in [6.45, 7) is 3.12. The number of hydrogen-bond donors (Lipinski definition) is 5. The van der Waals surface area contributed by atoms with Gasteiger partial charge in [-0.15, -0.1) is 0 Å². The highest BCUT2D eigenvalue weighted by molar-refractivity contribution is 5.90. The zero-order chi connectivity index (χ0) is 31.8. The normalized spacial score (nSPS) is 10.6. The van der Waals surface area contributed by atoms with Crippen LogP contribution in [0.3, 0.4) is 0 Å². The first kappa shape index (κ1) is 35.1. The van der Waals surface area contributed by atoms with E-state index in [-0.39, 0.29) is 5.91 Å². The largest absolute Gasteiger partial charge is 0.490 e. The number of pyridine rings is 1. The minimum Gasteiger partial charge on any atom is -0.475 e. The van der Waals surface area contributed by atoms with E-state index in [1.807, 2.05) is 61.7 Å². The van der Waals surface area contributed by atoms with E-state index in [0.29, 0.717) is 31.3 Å². The number of hydrogen-bond acceptors (Lipinski definition) is 8. The maximum absolute atomic E-state index is 12.0.